The zero-order valence-electron chi connectivity index (χ0n) is 12.2. The molecule has 0 fully saturated rings. The van der Waals surface area contributed by atoms with Crippen molar-refractivity contribution < 1.29 is 9.18 Å². The first kappa shape index (κ1) is 15.7. The number of rotatable bonds is 3. The Morgan fingerprint density at radius 2 is 2.26 bits per heavy atom. The van der Waals surface area contributed by atoms with Gasteiger partial charge in [0, 0.05) is 36.1 Å². The number of anilines is 1. The first-order valence-electron chi connectivity index (χ1n) is 7.17. The van der Waals surface area contributed by atoms with Crippen LogP contribution in [0, 0.1) is 0 Å². The van der Waals surface area contributed by atoms with Crippen molar-refractivity contribution in [3.05, 3.63) is 60.5 Å². The van der Waals surface area contributed by atoms with Crippen molar-refractivity contribution in [2.24, 2.45) is 0 Å². The SMILES string of the molecule is O=C(NCC1=CCC(F)(Br)C=C1)Nc1cccc2cnccc12. The number of nitrogens with zero attached hydrogens (tertiary/aromatic N) is 1. The third kappa shape index (κ3) is 3.96. The van der Waals surface area contributed by atoms with Crippen molar-refractivity contribution in [3.63, 3.8) is 0 Å². The fourth-order valence-corrected chi connectivity index (χ4v) is 2.64. The Hall–Kier alpha value is -2.21. The van der Waals surface area contributed by atoms with Crippen LogP contribution in [0.1, 0.15) is 6.42 Å². The molecule has 1 atom stereocenters. The molecule has 0 saturated heterocycles. The number of allylic oxidation sites excluding steroid dienone is 2. The molecule has 2 aromatic rings. The lowest BCUT2D eigenvalue weighted by Crippen LogP contribution is -2.30. The minimum atomic E-state index is -1.48. The van der Waals surface area contributed by atoms with E-state index in [-0.39, 0.29) is 12.5 Å². The van der Waals surface area contributed by atoms with Crippen molar-refractivity contribution in [1.29, 1.82) is 0 Å². The highest BCUT2D eigenvalue weighted by molar-refractivity contribution is 9.10. The van der Waals surface area contributed by atoms with Gasteiger partial charge < -0.3 is 10.6 Å². The number of carbonyl (C=O) groups is 1. The van der Waals surface area contributed by atoms with Crippen LogP contribution in [-0.2, 0) is 0 Å². The largest absolute Gasteiger partial charge is 0.334 e. The minimum Gasteiger partial charge on any atom is -0.334 e. The fourth-order valence-electron chi connectivity index (χ4n) is 2.34. The molecule has 2 amide bonds. The van der Waals surface area contributed by atoms with Crippen molar-refractivity contribution in [2.75, 3.05) is 11.9 Å². The van der Waals surface area contributed by atoms with Crippen LogP contribution in [0.2, 0.25) is 0 Å². The van der Waals surface area contributed by atoms with Gasteiger partial charge in [-0.2, -0.15) is 0 Å². The van der Waals surface area contributed by atoms with Crippen LogP contribution in [0.3, 0.4) is 0 Å². The molecule has 4 nitrogen and oxygen atoms in total. The quantitative estimate of drug-likeness (QED) is 0.785. The highest BCUT2D eigenvalue weighted by Crippen LogP contribution is 2.30. The molecule has 1 aromatic carbocycles. The van der Waals surface area contributed by atoms with Gasteiger partial charge in [-0.15, -0.1) is 0 Å². The molecule has 0 radical (unpaired) electrons. The van der Waals surface area contributed by atoms with Crippen molar-refractivity contribution in [3.8, 4) is 0 Å². The molecular formula is C17H15BrFN3O. The van der Waals surface area contributed by atoms with Gasteiger partial charge in [0.25, 0.3) is 0 Å². The fraction of sp³-hybridized carbons (Fsp3) is 0.176. The summed E-state index contributed by atoms with van der Waals surface area (Å²) in [7, 11) is 0. The molecule has 3 rings (SSSR count). The predicted octanol–water partition coefficient (Wildman–Crippen LogP) is 4.30. The molecular weight excluding hydrogens is 361 g/mol. The number of aromatic nitrogens is 1. The maximum absolute atomic E-state index is 13.6. The Labute approximate surface area is 141 Å². The molecule has 1 unspecified atom stereocenters. The van der Waals surface area contributed by atoms with Crippen molar-refractivity contribution in [2.45, 2.75) is 11.0 Å². The van der Waals surface area contributed by atoms with Crippen LogP contribution in [-0.4, -0.2) is 22.1 Å². The van der Waals surface area contributed by atoms with E-state index in [1.165, 1.54) is 6.08 Å². The standard InChI is InChI=1S/C17H15BrFN3O/c18-17(19)7-4-12(5-8-17)10-21-16(23)22-15-3-1-2-13-11-20-9-6-14(13)15/h1-7,9,11H,8,10H2,(H2,21,22,23). The highest BCUT2D eigenvalue weighted by Gasteiger charge is 2.23. The van der Waals surface area contributed by atoms with Gasteiger partial charge in [-0.25, -0.2) is 9.18 Å². The number of nitrogens with one attached hydrogen (secondary N) is 2. The summed E-state index contributed by atoms with van der Waals surface area (Å²) in [5, 5.41) is 7.48. The lowest BCUT2D eigenvalue weighted by atomic mass is 10.1. The van der Waals surface area contributed by atoms with Gasteiger partial charge in [0.05, 0.1) is 5.69 Å². The average Bonchev–Trinajstić information content (AvgIpc) is 2.54. The Morgan fingerprint density at radius 1 is 1.39 bits per heavy atom. The third-order valence-corrected chi connectivity index (χ3v) is 4.15. The van der Waals surface area contributed by atoms with E-state index in [0.717, 1.165) is 22.0 Å². The molecule has 2 N–H and O–H groups in total. The zero-order valence-corrected chi connectivity index (χ0v) is 13.8. The van der Waals surface area contributed by atoms with E-state index in [2.05, 4.69) is 31.5 Å². The minimum absolute atomic E-state index is 0.248. The topological polar surface area (TPSA) is 54.0 Å². The Morgan fingerprint density at radius 3 is 3.04 bits per heavy atom. The van der Waals surface area contributed by atoms with E-state index < -0.39 is 4.58 Å². The second-order valence-electron chi connectivity index (χ2n) is 5.29. The summed E-state index contributed by atoms with van der Waals surface area (Å²) in [6, 6.07) is 7.19. The van der Waals surface area contributed by atoms with Crippen LogP contribution < -0.4 is 10.6 Å². The maximum Gasteiger partial charge on any atom is 0.319 e. The van der Waals surface area contributed by atoms with Gasteiger partial charge >= 0.3 is 6.03 Å². The number of hydrogen-bond acceptors (Lipinski definition) is 2. The molecule has 6 heteroatoms. The van der Waals surface area contributed by atoms with Crippen LogP contribution in [0.4, 0.5) is 14.9 Å². The number of urea groups is 1. The molecule has 0 bridgehead atoms. The summed E-state index contributed by atoms with van der Waals surface area (Å²) in [4.78, 5) is 16.1. The molecule has 0 spiro atoms. The number of halogens is 2. The molecule has 23 heavy (non-hydrogen) atoms. The smallest absolute Gasteiger partial charge is 0.319 e. The Balaban J connectivity index is 1.62. The van der Waals surface area contributed by atoms with Gasteiger partial charge in [-0.05, 0) is 39.7 Å². The number of hydrogen-bond donors (Lipinski definition) is 2. The average molecular weight is 376 g/mol. The van der Waals surface area contributed by atoms with E-state index in [0.29, 0.717) is 6.54 Å². The second kappa shape index (κ2) is 6.50. The van der Waals surface area contributed by atoms with E-state index in [1.807, 2.05) is 24.3 Å². The van der Waals surface area contributed by atoms with Gasteiger partial charge in [0.2, 0.25) is 0 Å². The molecule has 118 valence electrons. The zero-order chi connectivity index (χ0) is 16.3. The van der Waals surface area contributed by atoms with Gasteiger partial charge in [-0.3, -0.25) is 4.98 Å². The van der Waals surface area contributed by atoms with E-state index in [1.54, 1.807) is 24.5 Å². The summed E-state index contributed by atoms with van der Waals surface area (Å²) < 4.78 is 12.1. The lowest BCUT2D eigenvalue weighted by molar-refractivity contribution is 0.253. The summed E-state index contributed by atoms with van der Waals surface area (Å²) >= 11 is 2.96. The molecule has 0 saturated carbocycles. The number of fused-ring (bicyclic) bond motifs is 1. The summed E-state index contributed by atoms with van der Waals surface area (Å²) in [6.07, 6.45) is 8.56. The third-order valence-electron chi connectivity index (χ3n) is 3.56. The van der Waals surface area contributed by atoms with Crippen LogP contribution in [0.5, 0.6) is 0 Å². The normalized spacial score (nSPS) is 20.2. The number of benzene rings is 1. The highest BCUT2D eigenvalue weighted by atomic mass is 79.9. The number of amides is 2. The molecule has 1 aromatic heterocycles. The molecule has 1 heterocycles. The first-order valence-corrected chi connectivity index (χ1v) is 7.96. The molecule has 1 aliphatic rings. The Bertz CT molecular complexity index is 796. The Kier molecular flexibility index (Phi) is 4.43. The number of carbonyl (C=O) groups excluding carboxylic acids is 1. The van der Waals surface area contributed by atoms with Crippen LogP contribution >= 0.6 is 15.9 Å². The predicted molar refractivity (Wildman–Crippen MR) is 93.4 cm³/mol. The lowest BCUT2D eigenvalue weighted by Gasteiger charge is -2.17. The monoisotopic (exact) mass is 375 g/mol. The van der Waals surface area contributed by atoms with Crippen molar-refractivity contribution >= 4 is 38.4 Å². The van der Waals surface area contributed by atoms with Gasteiger partial charge in [0.1, 0.15) is 0 Å². The first-order chi connectivity index (χ1) is 11.0. The molecule has 1 aliphatic carbocycles. The maximum atomic E-state index is 13.6. The van der Waals surface area contributed by atoms with Crippen LogP contribution in [0.15, 0.2) is 60.5 Å². The summed E-state index contributed by atoms with van der Waals surface area (Å²) in [6.45, 7) is 0.345. The van der Waals surface area contributed by atoms with Crippen molar-refractivity contribution in [1.82, 2.24) is 10.3 Å². The van der Waals surface area contributed by atoms with Crippen LogP contribution in [0.25, 0.3) is 10.8 Å². The van der Waals surface area contributed by atoms with E-state index in [4.69, 9.17) is 0 Å². The second-order valence-corrected chi connectivity index (χ2v) is 6.61. The summed E-state index contributed by atoms with van der Waals surface area (Å²) in [5.41, 5.74) is 1.59. The van der Waals surface area contributed by atoms with E-state index >= 15 is 0 Å². The van der Waals surface area contributed by atoms with E-state index in [9.17, 15) is 9.18 Å². The molecule has 0 aliphatic heterocycles. The number of pyridine rings is 1. The van der Waals surface area contributed by atoms with Gasteiger partial charge in [-0.1, -0.05) is 24.3 Å². The van der Waals surface area contributed by atoms with Gasteiger partial charge in [0.15, 0.2) is 4.58 Å². The summed E-state index contributed by atoms with van der Waals surface area (Å²) in [5.74, 6) is 0. The number of alkyl halides is 2.